The van der Waals surface area contributed by atoms with Crippen molar-refractivity contribution >= 4 is 52.2 Å². The minimum atomic E-state index is -0.470. The lowest BCUT2D eigenvalue weighted by molar-refractivity contribution is -0.124. The number of rotatable bonds is 8. The minimum absolute atomic E-state index is 0.0605. The van der Waals surface area contributed by atoms with Crippen molar-refractivity contribution in [3.63, 3.8) is 0 Å². The molecule has 1 aromatic carbocycles. The minimum Gasteiger partial charge on any atom is -0.442 e. The van der Waals surface area contributed by atoms with Crippen molar-refractivity contribution in [1.29, 1.82) is 0 Å². The molecule has 4 rings (SSSR count). The van der Waals surface area contributed by atoms with E-state index in [4.69, 9.17) is 21.4 Å². The van der Waals surface area contributed by atoms with Crippen LogP contribution < -0.4 is 15.1 Å². The van der Waals surface area contributed by atoms with Gasteiger partial charge in [0.2, 0.25) is 5.91 Å². The molecule has 0 bridgehead atoms. The zero-order chi connectivity index (χ0) is 24.2. The quantitative estimate of drug-likeness (QED) is 0.565. The number of aliphatic hydroxyl groups is 1. The van der Waals surface area contributed by atoms with Crippen molar-refractivity contribution in [2.75, 3.05) is 36.0 Å². The van der Waals surface area contributed by atoms with Crippen molar-refractivity contribution in [2.45, 2.75) is 38.7 Å². The van der Waals surface area contributed by atoms with Gasteiger partial charge in [-0.15, -0.1) is 11.3 Å². The van der Waals surface area contributed by atoms with E-state index in [-0.39, 0.29) is 30.9 Å². The number of ether oxygens (including phenoxy) is 1. The molecule has 3 amide bonds. The monoisotopic (exact) mass is 505 g/mol. The fourth-order valence-corrected chi connectivity index (χ4v) is 5.43. The predicted molar refractivity (Wildman–Crippen MR) is 132 cm³/mol. The molecule has 2 aliphatic rings. The number of aryl methyl sites for hydroxylation is 1. The SMILES string of the molecule is Cc1cc(N2C[C@H](CNC(=O)c3ccc(Cl)s3)OC2=O)ccc1N1CCCC(CCCO)C1=O. The summed E-state index contributed by atoms with van der Waals surface area (Å²) in [6.07, 6.45) is 2.16. The molecule has 10 heteroatoms. The maximum Gasteiger partial charge on any atom is 0.414 e. The molecule has 1 aromatic heterocycles. The lowest BCUT2D eigenvalue weighted by atomic mass is 9.92. The van der Waals surface area contributed by atoms with Crippen LogP contribution in [0.3, 0.4) is 0 Å². The molecule has 3 heterocycles. The van der Waals surface area contributed by atoms with Crippen molar-refractivity contribution < 1.29 is 24.2 Å². The number of nitrogens with zero attached hydrogens (tertiary/aromatic N) is 2. The van der Waals surface area contributed by atoms with Crippen LogP contribution in [0.2, 0.25) is 4.34 Å². The Hall–Kier alpha value is -2.62. The first kappa shape index (κ1) is 24.5. The van der Waals surface area contributed by atoms with Crippen LogP contribution in [0.4, 0.5) is 16.2 Å². The second-order valence-electron chi connectivity index (χ2n) is 8.60. The Kier molecular flexibility index (Phi) is 7.75. The summed E-state index contributed by atoms with van der Waals surface area (Å²) in [6, 6.07) is 8.90. The Labute approximate surface area is 207 Å². The van der Waals surface area contributed by atoms with Crippen molar-refractivity contribution in [3.8, 4) is 0 Å². The number of thiophene rings is 1. The molecule has 2 aromatic rings. The highest BCUT2D eigenvalue weighted by Crippen LogP contribution is 2.32. The van der Waals surface area contributed by atoms with Gasteiger partial charge in [-0.2, -0.15) is 0 Å². The first-order valence-corrected chi connectivity index (χ1v) is 12.6. The number of carbonyl (C=O) groups excluding carboxylic acids is 3. The summed E-state index contributed by atoms with van der Waals surface area (Å²) in [5, 5.41) is 11.9. The highest BCUT2D eigenvalue weighted by atomic mass is 35.5. The molecule has 1 unspecified atom stereocenters. The summed E-state index contributed by atoms with van der Waals surface area (Å²) >= 11 is 7.07. The molecule has 0 aliphatic carbocycles. The Balaban J connectivity index is 1.39. The zero-order valence-corrected chi connectivity index (χ0v) is 20.5. The van der Waals surface area contributed by atoms with Gasteiger partial charge in [-0.25, -0.2) is 4.79 Å². The van der Waals surface area contributed by atoms with Crippen LogP contribution in [-0.2, 0) is 9.53 Å². The van der Waals surface area contributed by atoms with Gasteiger partial charge in [0.05, 0.1) is 22.3 Å². The fourth-order valence-electron chi connectivity index (χ4n) is 4.47. The summed E-state index contributed by atoms with van der Waals surface area (Å²) in [4.78, 5) is 41.6. The fraction of sp³-hybridized carbons (Fsp3) is 0.458. The van der Waals surface area contributed by atoms with Crippen LogP contribution in [-0.4, -0.2) is 55.4 Å². The number of hydrogen-bond acceptors (Lipinski definition) is 6. The van der Waals surface area contributed by atoms with E-state index >= 15 is 0 Å². The number of amides is 3. The number of benzene rings is 1. The van der Waals surface area contributed by atoms with E-state index in [1.165, 1.54) is 16.2 Å². The van der Waals surface area contributed by atoms with Gasteiger partial charge in [0, 0.05) is 30.4 Å². The molecule has 182 valence electrons. The highest BCUT2D eigenvalue weighted by molar-refractivity contribution is 7.18. The summed E-state index contributed by atoms with van der Waals surface area (Å²) in [6.45, 7) is 3.20. The van der Waals surface area contributed by atoms with Gasteiger partial charge < -0.3 is 20.1 Å². The average Bonchev–Trinajstić information content (AvgIpc) is 3.42. The van der Waals surface area contributed by atoms with E-state index in [1.807, 2.05) is 30.0 Å². The molecule has 2 N–H and O–H groups in total. The summed E-state index contributed by atoms with van der Waals surface area (Å²) in [5.74, 6) is -0.219. The first-order valence-electron chi connectivity index (χ1n) is 11.4. The molecule has 0 saturated carbocycles. The molecule has 8 nitrogen and oxygen atoms in total. The lowest BCUT2D eigenvalue weighted by Gasteiger charge is -2.33. The molecular weight excluding hydrogens is 478 g/mol. The van der Waals surface area contributed by atoms with Crippen molar-refractivity contribution in [3.05, 3.63) is 45.1 Å². The molecule has 0 spiro atoms. The Morgan fingerprint density at radius 2 is 2.09 bits per heavy atom. The topological polar surface area (TPSA) is 99.2 Å². The number of halogens is 1. The van der Waals surface area contributed by atoms with Crippen molar-refractivity contribution in [2.24, 2.45) is 5.92 Å². The third kappa shape index (κ3) is 5.37. The zero-order valence-electron chi connectivity index (χ0n) is 19.0. The number of carbonyl (C=O) groups is 3. The van der Waals surface area contributed by atoms with Crippen LogP contribution in [0.1, 0.15) is 40.9 Å². The number of piperidine rings is 1. The number of anilines is 2. The lowest BCUT2D eigenvalue weighted by Crippen LogP contribution is -2.41. The standard InChI is InChI=1S/C24H28ClN3O5S/c1-15-12-17(6-7-19(15)27-10-2-4-16(23(27)31)5-3-11-29)28-14-18(33-24(28)32)13-26-22(30)20-8-9-21(25)34-20/h6-9,12,16,18,29H,2-5,10-11,13-14H2,1H3,(H,26,30)/t16?,18-/m0/s1. The van der Waals surface area contributed by atoms with E-state index in [1.54, 1.807) is 12.1 Å². The molecular formula is C24H28ClN3O5S. The normalized spacial score (nSPS) is 20.6. The summed E-state index contributed by atoms with van der Waals surface area (Å²) in [5.41, 5.74) is 2.42. The van der Waals surface area contributed by atoms with E-state index in [2.05, 4.69) is 5.32 Å². The highest BCUT2D eigenvalue weighted by Gasteiger charge is 2.34. The second-order valence-corrected chi connectivity index (χ2v) is 10.3. The number of aliphatic hydroxyl groups excluding tert-OH is 1. The Morgan fingerprint density at radius 3 is 2.79 bits per heavy atom. The molecule has 2 saturated heterocycles. The maximum atomic E-state index is 13.0. The van der Waals surface area contributed by atoms with Gasteiger partial charge in [-0.3, -0.25) is 14.5 Å². The van der Waals surface area contributed by atoms with E-state index in [0.717, 1.165) is 24.1 Å². The van der Waals surface area contributed by atoms with Gasteiger partial charge in [-0.05, 0) is 68.5 Å². The van der Waals surface area contributed by atoms with Gasteiger partial charge in [-0.1, -0.05) is 11.6 Å². The van der Waals surface area contributed by atoms with Crippen LogP contribution >= 0.6 is 22.9 Å². The number of nitrogens with one attached hydrogen (secondary N) is 1. The first-order chi connectivity index (χ1) is 16.4. The summed E-state index contributed by atoms with van der Waals surface area (Å²) in [7, 11) is 0. The largest absolute Gasteiger partial charge is 0.442 e. The third-order valence-corrected chi connectivity index (χ3v) is 7.43. The maximum absolute atomic E-state index is 13.0. The molecule has 2 fully saturated rings. The van der Waals surface area contributed by atoms with Gasteiger partial charge in [0.1, 0.15) is 6.10 Å². The number of hydrogen-bond donors (Lipinski definition) is 2. The summed E-state index contributed by atoms with van der Waals surface area (Å²) < 4.78 is 5.98. The van der Waals surface area contributed by atoms with E-state index in [9.17, 15) is 14.4 Å². The van der Waals surface area contributed by atoms with E-state index < -0.39 is 12.2 Å². The number of cyclic esters (lactones) is 1. The predicted octanol–water partition coefficient (Wildman–Crippen LogP) is 3.98. The van der Waals surface area contributed by atoms with Crippen LogP contribution in [0.5, 0.6) is 0 Å². The molecule has 0 radical (unpaired) electrons. The van der Waals surface area contributed by atoms with Crippen LogP contribution in [0.15, 0.2) is 30.3 Å². The van der Waals surface area contributed by atoms with Crippen LogP contribution in [0.25, 0.3) is 0 Å². The average molecular weight is 506 g/mol. The second kappa shape index (κ2) is 10.8. The van der Waals surface area contributed by atoms with Gasteiger partial charge >= 0.3 is 6.09 Å². The molecule has 2 aliphatic heterocycles. The third-order valence-electron chi connectivity index (χ3n) is 6.20. The Bertz CT molecular complexity index is 1070. The van der Waals surface area contributed by atoms with E-state index in [0.29, 0.717) is 40.8 Å². The van der Waals surface area contributed by atoms with Crippen LogP contribution in [0, 0.1) is 12.8 Å². The molecule has 2 atom stereocenters. The molecule has 34 heavy (non-hydrogen) atoms. The smallest absolute Gasteiger partial charge is 0.414 e. The van der Waals surface area contributed by atoms with Crippen molar-refractivity contribution in [1.82, 2.24) is 5.32 Å². The van der Waals surface area contributed by atoms with Gasteiger partial charge in [0.25, 0.3) is 5.91 Å². The van der Waals surface area contributed by atoms with Gasteiger partial charge in [0.15, 0.2) is 0 Å². The Morgan fingerprint density at radius 1 is 1.26 bits per heavy atom.